The molecular formula is C60H42N4. The molecule has 0 amide bonds. The van der Waals surface area contributed by atoms with Crippen molar-refractivity contribution in [2.24, 2.45) is 0 Å². The van der Waals surface area contributed by atoms with Crippen molar-refractivity contribution in [1.29, 1.82) is 0 Å². The van der Waals surface area contributed by atoms with Crippen molar-refractivity contribution >= 4 is 65.4 Å². The summed E-state index contributed by atoms with van der Waals surface area (Å²) in [6.07, 6.45) is 0. The fraction of sp³-hybridized carbons (Fsp3) is 0.0333. The molecule has 0 radical (unpaired) electrons. The van der Waals surface area contributed by atoms with Crippen molar-refractivity contribution in [1.82, 2.24) is 18.3 Å². The highest BCUT2D eigenvalue weighted by molar-refractivity contribution is 6.15. The fourth-order valence-corrected chi connectivity index (χ4v) is 10.8. The Labute approximate surface area is 370 Å². The molecule has 0 aliphatic carbocycles. The van der Waals surface area contributed by atoms with Crippen LogP contribution in [0.2, 0.25) is 0 Å². The molecule has 0 aliphatic heterocycles. The van der Waals surface area contributed by atoms with Gasteiger partial charge in [0.1, 0.15) is 0 Å². The maximum Gasteiger partial charge on any atom is 0.0570 e. The second kappa shape index (κ2) is 14.1. The van der Waals surface area contributed by atoms with Gasteiger partial charge in [-0.05, 0) is 121 Å². The van der Waals surface area contributed by atoms with E-state index in [-0.39, 0.29) is 0 Å². The summed E-state index contributed by atoms with van der Waals surface area (Å²) in [5, 5.41) is 7.61. The molecule has 0 atom stereocenters. The molecule has 0 N–H and O–H groups in total. The van der Waals surface area contributed by atoms with Gasteiger partial charge in [0.05, 0.1) is 44.5 Å². The highest BCUT2D eigenvalue weighted by Gasteiger charge is 2.25. The summed E-state index contributed by atoms with van der Waals surface area (Å²) in [6.45, 7) is 4.62. The van der Waals surface area contributed by atoms with Gasteiger partial charge in [0.25, 0.3) is 0 Å². The predicted molar refractivity (Wildman–Crippen MR) is 269 cm³/mol. The number of para-hydroxylation sites is 4. The Kier molecular flexibility index (Phi) is 8.00. The molecule has 13 rings (SSSR count). The summed E-state index contributed by atoms with van der Waals surface area (Å²) in [5.74, 6) is 0. The van der Waals surface area contributed by atoms with Gasteiger partial charge in [0.2, 0.25) is 0 Å². The number of aryl methyl sites for hydroxylation is 2. The standard InChI is InChI=1S/C60H42N4/c1-39-57-55(63(59(39)41-17-5-3-6-18-41)45-33-29-43(30-34-45)61-51-25-13-9-21-47(51)48-22-10-14-26-52(48)61)37-38-56-58(57)40(2)60(42-19-7-4-8-20-42)64(56)46-35-31-44(32-36-46)62-53-27-15-11-23-49(53)50-24-12-16-28-54(50)62/h3-38H,1-2H3. The van der Waals surface area contributed by atoms with Gasteiger partial charge in [-0.15, -0.1) is 0 Å². The maximum atomic E-state index is 2.48. The lowest BCUT2D eigenvalue weighted by Crippen LogP contribution is -2.00. The first-order valence-corrected chi connectivity index (χ1v) is 22.1. The quantitative estimate of drug-likeness (QED) is 0.159. The molecule has 4 heterocycles. The summed E-state index contributed by atoms with van der Waals surface area (Å²) < 4.78 is 9.74. The van der Waals surface area contributed by atoms with E-state index < -0.39 is 0 Å². The molecule has 0 spiro atoms. The van der Waals surface area contributed by atoms with Crippen molar-refractivity contribution in [3.05, 3.63) is 230 Å². The second-order valence-corrected chi connectivity index (χ2v) is 17.0. The van der Waals surface area contributed by atoms with Crippen LogP contribution >= 0.6 is 0 Å². The lowest BCUT2D eigenvalue weighted by molar-refractivity contribution is 1.11. The maximum absolute atomic E-state index is 2.48. The number of benzene rings is 9. The van der Waals surface area contributed by atoms with Crippen LogP contribution in [0.5, 0.6) is 0 Å². The molecule has 0 unspecified atom stereocenters. The molecule has 4 nitrogen and oxygen atoms in total. The van der Waals surface area contributed by atoms with E-state index in [2.05, 4.69) is 251 Å². The lowest BCUT2D eigenvalue weighted by Gasteiger charge is -2.15. The number of hydrogen-bond donors (Lipinski definition) is 0. The summed E-state index contributed by atoms with van der Waals surface area (Å²) in [7, 11) is 0. The van der Waals surface area contributed by atoms with Crippen LogP contribution in [-0.2, 0) is 0 Å². The molecule has 302 valence electrons. The van der Waals surface area contributed by atoms with Crippen molar-refractivity contribution in [3.63, 3.8) is 0 Å². The van der Waals surface area contributed by atoms with Gasteiger partial charge < -0.3 is 18.3 Å². The summed E-state index contributed by atoms with van der Waals surface area (Å²) >= 11 is 0. The minimum absolute atomic E-state index is 1.13. The molecule has 4 heteroatoms. The van der Waals surface area contributed by atoms with Gasteiger partial charge in [-0.3, -0.25) is 0 Å². The van der Waals surface area contributed by atoms with Crippen LogP contribution in [0.15, 0.2) is 218 Å². The minimum Gasteiger partial charge on any atom is -0.309 e. The third kappa shape index (κ3) is 5.23. The van der Waals surface area contributed by atoms with Crippen molar-refractivity contribution in [3.8, 4) is 45.3 Å². The Morgan fingerprint density at radius 1 is 0.234 bits per heavy atom. The van der Waals surface area contributed by atoms with E-state index in [1.807, 2.05) is 0 Å². The van der Waals surface area contributed by atoms with Gasteiger partial charge in [0.15, 0.2) is 0 Å². The van der Waals surface area contributed by atoms with Crippen LogP contribution in [-0.4, -0.2) is 18.3 Å². The molecular weight excluding hydrogens is 777 g/mol. The zero-order valence-electron chi connectivity index (χ0n) is 35.6. The number of nitrogens with zero attached hydrogens (tertiary/aromatic N) is 4. The number of aromatic nitrogens is 4. The van der Waals surface area contributed by atoms with Crippen molar-refractivity contribution < 1.29 is 0 Å². The first kappa shape index (κ1) is 36.3. The van der Waals surface area contributed by atoms with Crippen LogP contribution in [0.4, 0.5) is 0 Å². The summed E-state index contributed by atoms with van der Waals surface area (Å²) in [6, 6.07) is 79.6. The van der Waals surface area contributed by atoms with E-state index in [0.717, 1.165) is 22.7 Å². The van der Waals surface area contributed by atoms with E-state index in [9.17, 15) is 0 Å². The highest BCUT2D eigenvalue weighted by atomic mass is 15.0. The number of rotatable bonds is 6. The zero-order chi connectivity index (χ0) is 42.5. The van der Waals surface area contributed by atoms with E-state index in [1.165, 1.54) is 99.1 Å². The van der Waals surface area contributed by atoms with E-state index >= 15 is 0 Å². The molecule has 0 fully saturated rings. The highest BCUT2D eigenvalue weighted by Crippen LogP contribution is 2.45. The van der Waals surface area contributed by atoms with Crippen LogP contribution < -0.4 is 0 Å². The third-order valence-corrected chi connectivity index (χ3v) is 13.5. The monoisotopic (exact) mass is 818 g/mol. The molecule has 0 aliphatic rings. The Morgan fingerprint density at radius 2 is 0.500 bits per heavy atom. The lowest BCUT2D eigenvalue weighted by atomic mass is 10.0. The van der Waals surface area contributed by atoms with E-state index in [1.54, 1.807) is 0 Å². The largest absolute Gasteiger partial charge is 0.309 e. The van der Waals surface area contributed by atoms with Crippen molar-refractivity contribution in [2.45, 2.75) is 13.8 Å². The fourth-order valence-electron chi connectivity index (χ4n) is 10.8. The molecule has 64 heavy (non-hydrogen) atoms. The van der Waals surface area contributed by atoms with Crippen molar-refractivity contribution in [2.75, 3.05) is 0 Å². The predicted octanol–water partition coefficient (Wildman–Crippen LogP) is 15.7. The number of hydrogen-bond acceptors (Lipinski definition) is 0. The first-order chi connectivity index (χ1) is 31.6. The molecule has 9 aromatic carbocycles. The molecule has 0 bridgehead atoms. The Bertz CT molecular complexity index is 3570. The van der Waals surface area contributed by atoms with E-state index in [0.29, 0.717) is 0 Å². The molecule has 0 saturated carbocycles. The smallest absolute Gasteiger partial charge is 0.0570 e. The normalized spacial score (nSPS) is 11.9. The van der Waals surface area contributed by atoms with Crippen LogP contribution in [0.1, 0.15) is 11.1 Å². The first-order valence-electron chi connectivity index (χ1n) is 22.1. The van der Waals surface area contributed by atoms with Gasteiger partial charge in [-0.2, -0.15) is 0 Å². The topological polar surface area (TPSA) is 19.7 Å². The summed E-state index contributed by atoms with van der Waals surface area (Å²) in [4.78, 5) is 0. The Morgan fingerprint density at radius 3 is 0.812 bits per heavy atom. The average molecular weight is 819 g/mol. The Hall–Kier alpha value is -8.34. The van der Waals surface area contributed by atoms with Crippen LogP contribution in [0.3, 0.4) is 0 Å². The van der Waals surface area contributed by atoms with Gasteiger partial charge in [-0.25, -0.2) is 0 Å². The van der Waals surface area contributed by atoms with Crippen LogP contribution in [0.25, 0.3) is 111 Å². The Balaban J connectivity index is 1.03. The SMILES string of the molecule is Cc1c(-c2ccccc2)n(-c2ccc(-n3c4ccccc4c4ccccc43)cc2)c2ccc3c(c(C)c(-c4ccccc4)n3-c3ccc(-n4c5ccccc5c5ccccc54)cc3)c12. The number of fused-ring (bicyclic) bond motifs is 9. The second-order valence-electron chi connectivity index (χ2n) is 17.0. The molecule has 4 aromatic heterocycles. The van der Waals surface area contributed by atoms with E-state index in [4.69, 9.17) is 0 Å². The van der Waals surface area contributed by atoms with Gasteiger partial charge in [-0.1, -0.05) is 133 Å². The van der Waals surface area contributed by atoms with Crippen LogP contribution in [0, 0.1) is 13.8 Å². The van der Waals surface area contributed by atoms with Gasteiger partial charge >= 0.3 is 0 Å². The zero-order valence-corrected chi connectivity index (χ0v) is 35.6. The minimum atomic E-state index is 1.13. The van der Waals surface area contributed by atoms with Gasteiger partial charge in [0, 0.05) is 55.1 Å². The summed E-state index contributed by atoms with van der Waals surface area (Å²) in [5.41, 5.74) is 19.1. The molecule has 13 aromatic rings. The molecule has 0 saturated heterocycles. The third-order valence-electron chi connectivity index (χ3n) is 13.5. The average Bonchev–Trinajstić information content (AvgIpc) is 4.07.